The van der Waals surface area contributed by atoms with Crippen LogP contribution in [0.15, 0.2) is 0 Å². The normalized spacial score (nSPS) is 14.7. The Morgan fingerprint density at radius 1 is 1.08 bits per heavy atom. The lowest BCUT2D eigenvalue weighted by atomic mass is 10.1. The Balaban J connectivity index is 2.15. The van der Waals surface area contributed by atoms with Crippen molar-refractivity contribution in [3.8, 4) is 12.0 Å². The second-order valence-electron chi connectivity index (χ2n) is 7.16. The number of nitrogens with zero attached hydrogens (tertiary/aromatic N) is 2. The summed E-state index contributed by atoms with van der Waals surface area (Å²) in [5, 5.41) is 8.94. The molecular weight excluding hydrogens is 312 g/mol. The smallest absolute Gasteiger partial charge is 0.369 e. The predicted molar refractivity (Wildman–Crippen MR) is 104 cm³/mol. The second kappa shape index (κ2) is 13.8. The van der Waals surface area contributed by atoms with Gasteiger partial charge in [-0.2, -0.15) is 0 Å². The molecule has 0 bridgehead atoms. The molecule has 1 N–H and O–H groups in total. The standard InChI is InChI=1S/C21H36N2O2/c1-3-4-5-6-7-8-9-10-11-12-15-22-16-13-17-23(19-21(24)25)20(2)14-18-22/h3-13,15-17,19H2,1-2H3/p+1. The van der Waals surface area contributed by atoms with E-state index in [2.05, 4.69) is 23.8 Å². The van der Waals surface area contributed by atoms with Gasteiger partial charge in [-0.25, -0.2) is 9.37 Å². The van der Waals surface area contributed by atoms with E-state index >= 15 is 0 Å². The molecule has 4 heteroatoms. The number of rotatable bonds is 13. The molecule has 1 heterocycles. The molecule has 0 unspecified atom stereocenters. The van der Waals surface area contributed by atoms with E-state index in [1.54, 1.807) is 0 Å². The number of carboxylic acids is 1. The van der Waals surface area contributed by atoms with Crippen LogP contribution < -0.4 is 0 Å². The van der Waals surface area contributed by atoms with Gasteiger partial charge in [0.25, 0.3) is 0 Å². The summed E-state index contributed by atoms with van der Waals surface area (Å²) in [6.45, 7) is 6.99. The average Bonchev–Trinajstić information content (AvgIpc) is 2.57. The number of aliphatic carboxylic acids is 1. The molecule has 0 aromatic rings. The lowest BCUT2D eigenvalue weighted by Gasteiger charge is -2.18. The van der Waals surface area contributed by atoms with E-state index < -0.39 is 5.97 Å². The molecule has 0 amide bonds. The minimum Gasteiger partial charge on any atom is -0.477 e. The third-order valence-corrected chi connectivity index (χ3v) is 4.83. The maximum absolute atomic E-state index is 10.9. The summed E-state index contributed by atoms with van der Waals surface area (Å²) in [5.41, 5.74) is 0.871. The molecule has 0 aliphatic carbocycles. The van der Waals surface area contributed by atoms with Crippen LogP contribution in [-0.2, 0) is 4.79 Å². The van der Waals surface area contributed by atoms with E-state index in [0.29, 0.717) is 0 Å². The molecule has 0 atom stereocenters. The summed E-state index contributed by atoms with van der Waals surface area (Å²) < 4.78 is 1.87. The number of carboxylic acid groups (broad SMARTS) is 1. The van der Waals surface area contributed by atoms with Gasteiger partial charge in [0.1, 0.15) is 6.54 Å². The molecular formula is C21H37N2O2+. The highest BCUT2D eigenvalue weighted by atomic mass is 16.4. The molecule has 25 heavy (non-hydrogen) atoms. The zero-order valence-electron chi connectivity index (χ0n) is 16.4. The maximum Gasteiger partial charge on any atom is 0.369 e. The molecule has 0 saturated carbocycles. The van der Waals surface area contributed by atoms with Crippen LogP contribution in [0.4, 0.5) is 0 Å². The number of carbonyl (C=O) groups is 1. The average molecular weight is 350 g/mol. The summed E-state index contributed by atoms with van der Waals surface area (Å²) in [5.74, 6) is 2.34. The summed E-state index contributed by atoms with van der Waals surface area (Å²) in [6.07, 6.45) is 14.5. The Hall–Kier alpha value is -1.50. The van der Waals surface area contributed by atoms with Gasteiger partial charge in [-0.1, -0.05) is 64.7 Å². The van der Waals surface area contributed by atoms with Crippen molar-refractivity contribution in [3.05, 3.63) is 0 Å². The Bertz CT molecular complexity index is 474. The fourth-order valence-corrected chi connectivity index (χ4v) is 3.23. The van der Waals surface area contributed by atoms with Crippen molar-refractivity contribution in [1.82, 2.24) is 4.90 Å². The van der Waals surface area contributed by atoms with Crippen molar-refractivity contribution in [3.63, 3.8) is 0 Å². The van der Waals surface area contributed by atoms with E-state index in [0.717, 1.165) is 31.8 Å². The maximum atomic E-state index is 10.9. The van der Waals surface area contributed by atoms with Crippen LogP contribution >= 0.6 is 0 Å². The molecule has 1 rings (SSSR count). The Labute approximate surface area is 154 Å². The summed E-state index contributed by atoms with van der Waals surface area (Å²) in [4.78, 5) is 13.1. The lowest BCUT2D eigenvalue weighted by molar-refractivity contribution is -0.518. The monoisotopic (exact) mass is 349 g/mol. The zero-order valence-corrected chi connectivity index (χ0v) is 16.4. The highest BCUT2D eigenvalue weighted by Gasteiger charge is 2.15. The number of hydrogen-bond donors (Lipinski definition) is 1. The van der Waals surface area contributed by atoms with Crippen molar-refractivity contribution in [1.29, 1.82) is 0 Å². The largest absolute Gasteiger partial charge is 0.477 e. The molecule has 0 saturated heterocycles. The summed E-state index contributed by atoms with van der Waals surface area (Å²) in [7, 11) is 0. The van der Waals surface area contributed by atoms with E-state index in [1.807, 2.05) is 11.5 Å². The van der Waals surface area contributed by atoms with E-state index in [4.69, 9.17) is 5.11 Å². The summed E-state index contributed by atoms with van der Waals surface area (Å²) in [6, 6.07) is 3.22. The van der Waals surface area contributed by atoms with Gasteiger partial charge < -0.3 is 10.0 Å². The molecule has 142 valence electrons. The quantitative estimate of drug-likeness (QED) is 0.309. The first kappa shape index (κ1) is 21.5. The Kier molecular flexibility index (Phi) is 11.9. The first-order chi connectivity index (χ1) is 12.1. The summed E-state index contributed by atoms with van der Waals surface area (Å²) >= 11 is 0. The molecule has 4 nitrogen and oxygen atoms in total. The van der Waals surface area contributed by atoms with Gasteiger partial charge in [-0.05, 0) is 6.42 Å². The second-order valence-corrected chi connectivity index (χ2v) is 7.16. The zero-order chi connectivity index (χ0) is 18.3. The SMILES string of the molecule is CCCCCCCCCCCCN1C#CC(C)=[N+](CC(=O)O)CCC1. The molecule has 0 fully saturated rings. The van der Waals surface area contributed by atoms with Crippen molar-refractivity contribution in [2.24, 2.45) is 0 Å². The number of hydrogen-bond acceptors (Lipinski definition) is 2. The van der Waals surface area contributed by atoms with E-state index in [9.17, 15) is 4.79 Å². The highest BCUT2D eigenvalue weighted by molar-refractivity contribution is 5.94. The lowest BCUT2D eigenvalue weighted by Crippen LogP contribution is -2.31. The molecule has 0 spiro atoms. The van der Waals surface area contributed by atoms with Gasteiger partial charge in [-0.15, -0.1) is 0 Å². The Morgan fingerprint density at radius 2 is 1.68 bits per heavy atom. The van der Waals surface area contributed by atoms with E-state index in [-0.39, 0.29) is 6.54 Å². The highest BCUT2D eigenvalue weighted by Crippen LogP contribution is 2.11. The van der Waals surface area contributed by atoms with Gasteiger partial charge in [0, 0.05) is 38.4 Å². The minimum atomic E-state index is -0.788. The van der Waals surface area contributed by atoms with Gasteiger partial charge in [0.05, 0.1) is 0 Å². The van der Waals surface area contributed by atoms with Crippen LogP contribution in [0, 0.1) is 12.0 Å². The van der Waals surface area contributed by atoms with Crippen molar-refractivity contribution < 1.29 is 14.5 Å². The minimum absolute atomic E-state index is 0.0545. The van der Waals surface area contributed by atoms with Gasteiger partial charge in [-0.3, -0.25) is 0 Å². The van der Waals surface area contributed by atoms with Gasteiger partial charge >= 0.3 is 5.97 Å². The Morgan fingerprint density at radius 3 is 2.28 bits per heavy atom. The fraction of sp³-hybridized carbons (Fsp3) is 0.810. The van der Waals surface area contributed by atoms with Gasteiger partial charge in [0.15, 0.2) is 0 Å². The topological polar surface area (TPSA) is 43.5 Å². The van der Waals surface area contributed by atoms with Crippen molar-refractivity contribution >= 4 is 11.7 Å². The predicted octanol–water partition coefficient (Wildman–Crippen LogP) is 4.13. The van der Waals surface area contributed by atoms with Crippen LogP contribution in [0.2, 0.25) is 0 Å². The molecule has 1 aliphatic heterocycles. The third kappa shape index (κ3) is 10.9. The fourth-order valence-electron chi connectivity index (χ4n) is 3.23. The van der Waals surface area contributed by atoms with E-state index in [1.165, 1.54) is 64.2 Å². The molecule has 0 radical (unpaired) electrons. The molecule has 0 aromatic carbocycles. The van der Waals surface area contributed by atoms with Crippen molar-refractivity contribution in [2.75, 3.05) is 26.2 Å². The molecule has 1 aliphatic rings. The van der Waals surface area contributed by atoms with Crippen LogP contribution in [-0.4, -0.2) is 52.4 Å². The van der Waals surface area contributed by atoms with Crippen LogP contribution in [0.3, 0.4) is 0 Å². The van der Waals surface area contributed by atoms with Crippen LogP contribution in [0.1, 0.15) is 84.5 Å². The number of unbranched alkanes of at least 4 members (excludes halogenated alkanes) is 9. The van der Waals surface area contributed by atoms with Crippen molar-refractivity contribution in [2.45, 2.75) is 84.5 Å². The first-order valence-corrected chi connectivity index (χ1v) is 10.2. The van der Waals surface area contributed by atoms with Crippen LogP contribution in [0.25, 0.3) is 0 Å². The third-order valence-electron chi connectivity index (χ3n) is 4.83. The first-order valence-electron chi connectivity index (χ1n) is 10.2. The van der Waals surface area contributed by atoms with Gasteiger partial charge in [0.2, 0.25) is 12.3 Å². The van der Waals surface area contributed by atoms with Crippen LogP contribution in [0.5, 0.6) is 0 Å². The molecule has 0 aromatic heterocycles.